The lowest BCUT2D eigenvalue weighted by Gasteiger charge is -2.23. The number of ether oxygens (including phenoxy) is 2. The highest BCUT2D eigenvalue weighted by Gasteiger charge is 2.57. The predicted molar refractivity (Wildman–Crippen MR) is 206 cm³/mol. The number of unbranched alkanes of at least 4 members (excludes halogenated alkanes) is 2. The molecule has 5 heteroatoms. The van der Waals surface area contributed by atoms with Gasteiger partial charge in [0, 0.05) is 42.2 Å². The molecule has 4 unspecified atom stereocenters. The van der Waals surface area contributed by atoms with Gasteiger partial charge in [0.2, 0.25) is 0 Å². The van der Waals surface area contributed by atoms with Crippen LogP contribution in [0.4, 0.5) is 0 Å². The fourth-order valence-corrected chi connectivity index (χ4v) is 8.46. The van der Waals surface area contributed by atoms with Crippen molar-refractivity contribution < 1.29 is 19.1 Å². The molecule has 3 aliphatic rings. The summed E-state index contributed by atoms with van der Waals surface area (Å²) in [5.41, 5.74) is 5.75. The summed E-state index contributed by atoms with van der Waals surface area (Å²) in [6.07, 6.45) is 13.0. The number of fused-ring (bicyclic) bond motifs is 1. The van der Waals surface area contributed by atoms with E-state index >= 15 is 0 Å². The van der Waals surface area contributed by atoms with Crippen molar-refractivity contribution in [3.63, 3.8) is 0 Å². The summed E-state index contributed by atoms with van der Waals surface area (Å²) in [6.45, 7) is 6.91. The summed E-state index contributed by atoms with van der Waals surface area (Å²) in [4.78, 5) is 29.9. The Bertz CT molecular complexity index is 1910. The lowest BCUT2D eigenvalue weighted by Crippen LogP contribution is -2.34. The number of carbonyl (C=O) groups is 2. The monoisotopic (exact) mass is 681 g/mol. The number of benzene rings is 4. The van der Waals surface area contributed by atoms with Gasteiger partial charge in [0.1, 0.15) is 23.4 Å². The topological polar surface area (TPSA) is 55.8 Å². The Balaban J connectivity index is 1.03. The van der Waals surface area contributed by atoms with Crippen LogP contribution in [0.3, 0.4) is 0 Å². The van der Waals surface area contributed by atoms with E-state index in [9.17, 15) is 9.59 Å². The summed E-state index contributed by atoms with van der Waals surface area (Å²) >= 11 is 0. The molecule has 5 nitrogen and oxygen atoms in total. The van der Waals surface area contributed by atoms with Crippen LogP contribution in [0, 0.1) is 11.3 Å². The first kappa shape index (κ1) is 34.8. The maximum Gasteiger partial charge on any atom is 0.155 e. The van der Waals surface area contributed by atoms with Gasteiger partial charge >= 0.3 is 0 Å². The molecule has 51 heavy (non-hydrogen) atoms. The van der Waals surface area contributed by atoms with Crippen LogP contribution in [-0.4, -0.2) is 42.3 Å². The van der Waals surface area contributed by atoms with Crippen molar-refractivity contribution in [2.75, 3.05) is 13.7 Å². The molecule has 1 aliphatic heterocycles. The van der Waals surface area contributed by atoms with Gasteiger partial charge in [-0.05, 0) is 96.3 Å². The number of methoxy groups -OCH3 is 1. The number of ketones is 2. The minimum atomic E-state index is -0.413. The van der Waals surface area contributed by atoms with Gasteiger partial charge in [-0.25, -0.2) is 0 Å². The highest BCUT2D eigenvalue weighted by atomic mass is 16.5. The second-order valence-corrected chi connectivity index (χ2v) is 14.7. The van der Waals surface area contributed by atoms with Crippen molar-refractivity contribution in [2.24, 2.45) is 11.3 Å². The Labute approximate surface area is 303 Å². The van der Waals surface area contributed by atoms with E-state index in [4.69, 9.17) is 9.47 Å². The van der Waals surface area contributed by atoms with E-state index < -0.39 is 5.41 Å². The van der Waals surface area contributed by atoms with Gasteiger partial charge < -0.3 is 14.4 Å². The maximum atomic E-state index is 14.0. The van der Waals surface area contributed by atoms with Crippen molar-refractivity contribution in [1.29, 1.82) is 0 Å². The van der Waals surface area contributed by atoms with Crippen LogP contribution in [0.2, 0.25) is 0 Å². The van der Waals surface area contributed by atoms with Gasteiger partial charge in [0.05, 0.1) is 19.7 Å². The molecule has 4 aromatic carbocycles. The fourth-order valence-electron chi connectivity index (χ4n) is 8.46. The Hall–Kier alpha value is -4.64. The highest BCUT2D eigenvalue weighted by Crippen LogP contribution is 2.58. The zero-order chi connectivity index (χ0) is 35.4. The summed E-state index contributed by atoms with van der Waals surface area (Å²) < 4.78 is 12.5. The first-order chi connectivity index (χ1) is 24.9. The molecule has 264 valence electrons. The fraction of sp³-hybridized carbons (Fsp3) is 0.391. The number of nitrogens with zero attached hydrogens (tertiary/aromatic N) is 1. The number of Topliss-reactive ketones (excluding diaryl/α,β-unsaturated/α-hetero) is 2. The minimum absolute atomic E-state index is 0.129. The van der Waals surface area contributed by atoms with E-state index in [1.807, 2.05) is 24.3 Å². The summed E-state index contributed by atoms with van der Waals surface area (Å²) in [5, 5.41) is 2.19. The standard InChI is InChI=1S/C46H51NO4/c1-4-34-30-46(34,45(49)20-14-7-11-17-32-15-9-6-10-16-32)26-25-43(48)42-28-37(31-47(42)35-21-22-35)51-44-29-40(33-18-12-8-13-19-33)38(5-2)41-27-36(50-3)23-24-39(41)44/h4,6,8-10,12-13,15-16,18-19,21,23-24,27,29,34,37,42H,1,5,7,11,14,17,20,22,25-26,28,30-31H2,2-3H3. The second-order valence-electron chi connectivity index (χ2n) is 14.7. The molecular formula is C46H51NO4. The molecule has 4 aromatic rings. The largest absolute Gasteiger partial charge is 0.497 e. The van der Waals surface area contributed by atoms with Crippen LogP contribution >= 0.6 is 0 Å². The molecule has 0 aromatic heterocycles. The maximum absolute atomic E-state index is 14.0. The lowest BCUT2D eigenvalue weighted by molar-refractivity contribution is -0.126. The smallest absolute Gasteiger partial charge is 0.155 e. The Morgan fingerprint density at radius 1 is 0.941 bits per heavy atom. The van der Waals surface area contributed by atoms with Crippen LogP contribution in [0.1, 0.15) is 75.8 Å². The van der Waals surface area contributed by atoms with Crippen molar-refractivity contribution in [3.05, 3.63) is 120 Å². The van der Waals surface area contributed by atoms with E-state index in [0.717, 1.165) is 78.3 Å². The van der Waals surface area contributed by atoms with Crippen molar-refractivity contribution >= 4 is 22.3 Å². The Morgan fingerprint density at radius 2 is 1.71 bits per heavy atom. The molecule has 0 bridgehead atoms. The minimum Gasteiger partial charge on any atom is -0.497 e. The zero-order valence-electron chi connectivity index (χ0n) is 30.2. The molecule has 1 saturated carbocycles. The van der Waals surface area contributed by atoms with Crippen LogP contribution in [0.5, 0.6) is 11.5 Å². The molecule has 4 atom stereocenters. The van der Waals surface area contributed by atoms with Gasteiger partial charge in [0.25, 0.3) is 0 Å². The normalized spacial score (nSPS) is 22.0. The second kappa shape index (κ2) is 15.3. The first-order valence-corrected chi connectivity index (χ1v) is 19.0. The average Bonchev–Trinajstić information content (AvgIpc) is 4.10. The lowest BCUT2D eigenvalue weighted by atomic mass is 9.87. The number of aryl methyl sites for hydroxylation is 2. The Kier molecular flexibility index (Phi) is 10.4. The van der Waals surface area contributed by atoms with Crippen LogP contribution in [0.25, 0.3) is 21.9 Å². The van der Waals surface area contributed by atoms with E-state index in [1.54, 1.807) is 7.11 Å². The molecule has 2 aliphatic carbocycles. The number of likely N-dealkylation sites (tertiary alicyclic amines) is 1. The van der Waals surface area contributed by atoms with Gasteiger partial charge in [-0.3, -0.25) is 9.59 Å². The molecule has 1 saturated heterocycles. The first-order valence-electron chi connectivity index (χ1n) is 19.0. The van der Waals surface area contributed by atoms with Gasteiger partial charge in [-0.1, -0.05) is 86.2 Å². The third-order valence-electron chi connectivity index (χ3n) is 11.5. The number of allylic oxidation sites excluding steroid dienone is 3. The zero-order valence-corrected chi connectivity index (χ0v) is 30.2. The molecular weight excluding hydrogens is 631 g/mol. The molecule has 0 N–H and O–H groups in total. The molecule has 1 heterocycles. The number of carbonyl (C=O) groups excluding carboxylic acids is 2. The summed E-state index contributed by atoms with van der Waals surface area (Å²) in [7, 11) is 1.70. The van der Waals surface area contributed by atoms with Gasteiger partial charge in [0.15, 0.2) is 5.78 Å². The van der Waals surface area contributed by atoms with Crippen LogP contribution in [0.15, 0.2) is 109 Å². The van der Waals surface area contributed by atoms with Gasteiger partial charge in [-0.15, -0.1) is 6.58 Å². The van der Waals surface area contributed by atoms with E-state index in [0.29, 0.717) is 38.0 Å². The number of hydrogen-bond donors (Lipinski definition) is 0. The van der Waals surface area contributed by atoms with E-state index in [2.05, 4.69) is 91.2 Å². The van der Waals surface area contributed by atoms with E-state index in [-0.39, 0.29) is 23.8 Å². The van der Waals surface area contributed by atoms with Crippen molar-refractivity contribution in [1.82, 2.24) is 4.90 Å². The highest BCUT2D eigenvalue weighted by molar-refractivity contribution is 5.97. The number of hydrogen-bond acceptors (Lipinski definition) is 5. The van der Waals surface area contributed by atoms with E-state index in [1.165, 1.54) is 16.8 Å². The quantitative estimate of drug-likeness (QED) is 0.0773. The third-order valence-corrected chi connectivity index (χ3v) is 11.5. The third kappa shape index (κ3) is 7.54. The van der Waals surface area contributed by atoms with Crippen molar-refractivity contribution in [3.8, 4) is 22.6 Å². The summed E-state index contributed by atoms with van der Waals surface area (Å²) in [5.74, 6) is 2.38. The molecule has 0 amide bonds. The van der Waals surface area contributed by atoms with Crippen molar-refractivity contribution in [2.45, 2.75) is 89.7 Å². The predicted octanol–water partition coefficient (Wildman–Crippen LogP) is 10.1. The SMILES string of the molecule is C=CC1CC1(CCC(=O)C1CC(Oc2cc(-c3ccccc3)c(CC)c3cc(OC)ccc23)CN1C1=CC1)C(=O)CCCCCc1ccccc1. The Morgan fingerprint density at radius 3 is 2.39 bits per heavy atom. The molecule has 0 radical (unpaired) electrons. The average molecular weight is 682 g/mol. The molecule has 2 fully saturated rings. The molecule has 7 rings (SSSR count). The number of rotatable bonds is 18. The van der Waals surface area contributed by atoms with Crippen LogP contribution < -0.4 is 9.47 Å². The summed E-state index contributed by atoms with van der Waals surface area (Å²) in [6, 6.07) is 29.2. The van der Waals surface area contributed by atoms with Gasteiger partial charge in [-0.2, -0.15) is 0 Å². The molecule has 0 spiro atoms. The van der Waals surface area contributed by atoms with Crippen LogP contribution in [-0.2, 0) is 22.4 Å².